The molecule has 5 heteroatoms. The molecule has 5 rings (SSSR count). The number of rotatable bonds is 3. The molecule has 0 amide bonds. The van der Waals surface area contributed by atoms with E-state index in [0.29, 0.717) is 17.9 Å². The normalized spacial score (nSPS) is 26.0. The number of hydrogen-bond acceptors (Lipinski definition) is 5. The van der Waals surface area contributed by atoms with Crippen molar-refractivity contribution in [1.82, 2.24) is 0 Å². The third-order valence-electron chi connectivity index (χ3n) is 5.35. The molecule has 1 spiro atoms. The maximum absolute atomic E-state index is 14.0. The Morgan fingerprint density at radius 2 is 1.79 bits per heavy atom. The van der Waals surface area contributed by atoms with Crippen LogP contribution >= 0.6 is 11.3 Å². The van der Waals surface area contributed by atoms with Crippen molar-refractivity contribution in [3.8, 4) is 5.75 Å². The van der Waals surface area contributed by atoms with Gasteiger partial charge in [0.25, 0.3) is 5.79 Å². The lowest BCUT2D eigenvalue weighted by molar-refractivity contribution is -0.252. The zero-order valence-corrected chi connectivity index (χ0v) is 16.1. The molecule has 0 fully saturated rings. The van der Waals surface area contributed by atoms with Gasteiger partial charge in [-0.05, 0) is 29.1 Å². The van der Waals surface area contributed by atoms with Crippen LogP contribution in [-0.2, 0) is 15.3 Å². The molecule has 0 saturated heterocycles. The number of carbonyl (C=O) groups is 1. The van der Waals surface area contributed by atoms with Gasteiger partial charge >= 0.3 is 0 Å². The highest BCUT2D eigenvalue weighted by Gasteiger charge is 2.69. The van der Waals surface area contributed by atoms with Crippen LogP contribution in [-0.4, -0.2) is 25.1 Å². The second kappa shape index (κ2) is 6.41. The topological polar surface area (TPSA) is 44.8 Å². The van der Waals surface area contributed by atoms with E-state index in [4.69, 9.17) is 14.2 Å². The van der Waals surface area contributed by atoms with Crippen LogP contribution in [0.15, 0.2) is 78.2 Å². The molecule has 0 saturated carbocycles. The molecule has 2 aliphatic heterocycles. The van der Waals surface area contributed by atoms with Crippen LogP contribution in [0.4, 0.5) is 0 Å². The van der Waals surface area contributed by atoms with E-state index < -0.39 is 11.4 Å². The summed E-state index contributed by atoms with van der Waals surface area (Å²) in [5, 5.41) is 1.94. The molecule has 28 heavy (non-hydrogen) atoms. The molecule has 2 aliphatic rings. The predicted octanol–water partition coefficient (Wildman–Crippen LogP) is 4.68. The third kappa shape index (κ3) is 2.15. The number of para-hydroxylation sites is 1. The maximum Gasteiger partial charge on any atom is 0.287 e. The molecule has 140 valence electrons. The van der Waals surface area contributed by atoms with Crippen molar-refractivity contribution in [3.63, 3.8) is 0 Å². The zero-order valence-electron chi connectivity index (χ0n) is 15.3. The quantitative estimate of drug-likeness (QED) is 0.652. The number of methoxy groups -OCH3 is 1. The molecule has 0 N–H and O–H groups in total. The van der Waals surface area contributed by atoms with Gasteiger partial charge in [0.1, 0.15) is 5.75 Å². The number of Topliss-reactive ketones (excluding diaryl/α,β-unsaturated/α-hetero) is 1. The van der Waals surface area contributed by atoms with Gasteiger partial charge in [0.2, 0.25) is 11.4 Å². The van der Waals surface area contributed by atoms with Crippen molar-refractivity contribution in [2.75, 3.05) is 13.7 Å². The highest BCUT2D eigenvalue weighted by atomic mass is 32.1. The fourth-order valence-electron chi connectivity index (χ4n) is 4.16. The number of hydrogen-bond donors (Lipinski definition) is 0. The van der Waals surface area contributed by atoms with Crippen molar-refractivity contribution in [3.05, 3.63) is 94.2 Å². The van der Waals surface area contributed by atoms with Crippen molar-refractivity contribution in [2.24, 2.45) is 0 Å². The van der Waals surface area contributed by atoms with Crippen molar-refractivity contribution in [1.29, 1.82) is 0 Å². The van der Waals surface area contributed by atoms with Crippen molar-refractivity contribution in [2.45, 2.75) is 11.4 Å². The molecular formula is C23H18O4S. The Morgan fingerprint density at radius 3 is 2.54 bits per heavy atom. The van der Waals surface area contributed by atoms with Crippen molar-refractivity contribution >= 4 is 22.7 Å². The molecule has 1 aromatic heterocycles. The molecule has 2 atom stereocenters. The molecular weight excluding hydrogens is 372 g/mol. The Labute approximate surface area is 167 Å². The van der Waals surface area contributed by atoms with Gasteiger partial charge in [-0.3, -0.25) is 4.79 Å². The van der Waals surface area contributed by atoms with E-state index in [1.165, 1.54) is 11.3 Å². The first-order valence-electron chi connectivity index (χ1n) is 9.05. The van der Waals surface area contributed by atoms with Crippen LogP contribution in [0.5, 0.6) is 5.75 Å². The van der Waals surface area contributed by atoms with Gasteiger partial charge in [-0.2, -0.15) is 0 Å². The highest BCUT2D eigenvalue weighted by Crippen LogP contribution is 2.56. The van der Waals surface area contributed by atoms with Crippen LogP contribution < -0.4 is 4.74 Å². The van der Waals surface area contributed by atoms with E-state index in [0.717, 1.165) is 16.0 Å². The number of thiophene rings is 1. The number of fused-ring (bicyclic) bond motifs is 1. The van der Waals surface area contributed by atoms with Gasteiger partial charge in [-0.15, -0.1) is 11.3 Å². The number of ketones is 1. The second-order valence-electron chi connectivity index (χ2n) is 6.70. The molecule has 0 bridgehead atoms. The van der Waals surface area contributed by atoms with Gasteiger partial charge in [0.05, 0.1) is 17.0 Å². The lowest BCUT2D eigenvalue weighted by Crippen LogP contribution is -2.64. The summed E-state index contributed by atoms with van der Waals surface area (Å²) in [7, 11) is 1.56. The first-order valence-corrected chi connectivity index (χ1v) is 9.93. The van der Waals surface area contributed by atoms with Crippen LogP contribution in [0.3, 0.4) is 0 Å². The summed E-state index contributed by atoms with van der Waals surface area (Å²) in [6, 6.07) is 20.9. The first kappa shape index (κ1) is 17.4. The largest absolute Gasteiger partial charge is 0.452 e. The SMILES string of the molecule is CO[C@@]1(c2cccs2)Oc2ccccc2C(=O)[C@@]12OCC=C2c1ccccc1. The fraction of sp³-hybridized carbons (Fsp3) is 0.174. The highest BCUT2D eigenvalue weighted by molar-refractivity contribution is 7.10. The van der Waals surface area contributed by atoms with Crippen LogP contribution in [0.1, 0.15) is 20.8 Å². The van der Waals surface area contributed by atoms with Crippen molar-refractivity contribution < 1.29 is 19.0 Å². The van der Waals surface area contributed by atoms with Gasteiger partial charge in [-0.25, -0.2) is 0 Å². The fourth-order valence-corrected chi connectivity index (χ4v) is 5.04. The Morgan fingerprint density at radius 1 is 1.00 bits per heavy atom. The third-order valence-corrected chi connectivity index (χ3v) is 6.30. The summed E-state index contributed by atoms with van der Waals surface area (Å²) in [5.41, 5.74) is 0.745. The summed E-state index contributed by atoms with van der Waals surface area (Å²) in [5.74, 6) is -1.07. The average Bonchev–Trinajstić information content (AvgIpc) is 3.43. The molecule has 4 nitrogen and oxygen atoms in total. The van der Waals surface area contributed by atoms with E-state index in [-0.39, 0.29) is 5.78 Å². The molecule has 3 aromatic rings. The van der Waals surface area contributed by atoms with E-state index in [1.54, 1.807) is 19.2 Å². The van der Waals surface area contributed by atoms with Crippen LogP contribution in [0, 0.1) is 0 Å². The monoisotopic (exact) mass is 390 g/mol. The van der Waals surface area contributed by atoms with E-state index in [1.807, 2.05) is 66.1 Å². The van der Waals surface area contributed by atoms with Gasteiger partial charge < -0.3 is 14.2 Å². The zero-order chi connectivity index (χ0) is 19.2. The van der Waals surface area contributed by atoms with Gasteiger partial charge in [-0.1, -0.05) is 54.6 Å². The number of benzene rings is 2. The lowest BCUT2D eigenvalue weighted by Gasteiger charge is -2.48. The molecule has 0 aliphatic carbocycles. The Bertz CT molecular complexity index is 1060. The summed E-state index contributed by atoms with van der Waals surface area (Å²) in [6.07, 6.45) is 1.95. The average molecular weight is 390 g/mol. The Kier molecular flexibility index (Phi) is 3.98. The Balaban J connectivity index is 1.82. The maximum atomic E-state index is 14.0. The van der Waals surface area contributed by atoms with E-state index in [2.05, 4.69) is 0 Å². The van der Waals surface area contributed by atoms with E-state index in [9.17, 15) is 4.79 Å². The molecule has 2 aromatic carbocycles. The Hall–Kier alpha value is -2.73. The van der Waals surface area contributed by atoms with E-state index >= 15 is 0 Å². The minimum absolute atomic E-state index is 0.155. The summed E-state index contributed by atoms with van der Waals surface area (Å²) >= 11 is 1.48. The smallest absolute Gasteiger partial charge is 0.287 e. The minimum atomic E-state index is -1.43. The molecule has 0 radical (unpaired) electrons. The second-order valence-corrected chi connectivity index (χ2v) is 7.65. The van der Waals surface area contributed by atoms with Gasteiger partial charge in [0.15, 0.2) is 0 Å². The molecule has 3 heterocycles. The number of ether oxygens (including phenoxy) is 3. The molecule has 0 unspecified atom stereocenters. The lowest BCUT2D eigenvalue weighted by atomic mass is 9.74. The van der Waals surface area contributed by atoms with Gasteiger partial charge in [0, 0.05) is 12.7 Å². The number of carbonyl (C=O) groups excluding carboxylic acids is 1. The summed E-state index contributed by atoms with van der Waals surface area (Å²) in [4.78, 5) is 14.8. The van der Waals surface area contributed by atoms with Crippen LogP contribution in [0.2, 0.25) is 0 Å². The first-order chi connectivity index (χ1) is 13.7. The summed E-state index contributed by atoms with van der Waals surface area (Å²) in [6.45, 7) is 0.304. The minimum Gasteiger partial charge on any atom is -0.452 e. The predicted molar refractivity (Wildman–Crippen MR) is 108 cm³/mol. The van der Waals surface area contributed by atoms with Crippen LogP contribution in [0.25, 0.3) is 5.57 Å². The standard InChI is InChI=1S/C23H18O4S/c1-25-23(20-12-7-15-28-20)22(21(24)17-10-5-6-11-19(17)27-23)18(13-14-26-22)16-8-3-2-4-9-16/h2-13,15H,14H2,1H3/t22-,23+/m1/s1. The summed E-state index contributed by atoms with van der Waals surface area (Å²) < 4.78 is 18.8.